The highest BCUT2D eigenvalue weighted by Gasteiger charge is 2.35. The van der Waals surface area contributed by atoms with Crippen molar-refractivity contribution in [2.24, 2.45) is 0 Å². The highest BCUT2D eigenvalue weighted by atomic mass is 16.4. The second-order valence-corrected chi connectivity index (χ2v) is 6.62. The number of benzene rings is 1. The number of nitrogens with zero attached hydrogens (tertiary/aromatic N) is 1. The van der Waals surface area contributed by atoms with Gasteiger partial charge >= 0.3 is 5.97 Å². The van der Waals surface area contributed by atoms with Gasteiger partial charge in [-0.15, -0.1) is 0 Å². The first kappa shape index (κ1) is 17.3. The molecule has 1 aromatic carbocycles. The van der Waals surface area contributed by atoms with E-state index >= 15 is 0 Å². The average molecular weight is 341 g/mol. The number of carbonyl (C=O) groups excluding carboxylic acids is 1. The van der Waals surface area contributed by atoms with Gasteiger partial charge in [-0.2, -0.15) is 0 Å². The van der Waals surface area contributed by atoms with Crippen molar-refractivity contribution < 1.29 is 19.1 Å². The lowest BCUT2D eigenvalue weighted by atomic mass is 10.1. The molecule has 1 amide bonds. The standard InChI is InChI=1S/C20H23NO4/c1-3-14-4-6-15(7-5-14)11-21(16-8-9-16)20(24)19-13(2)12-25-17(19)10-18(22)23/h4-7,12,16H,3,8-11H2,1-2H3,(H,22,23). The molecule has 1 heterocycles. The monoisotopic (exact) mass is 341 g/mol. The highest BCUT2D eigenvalue weighted by molar-refractivity contribution is 5.97. The molecule has 1 aliphatic rings. The first-order valence-corrected chi connectivity index (χ1v) is 8.67. The maximum atomic E-state index is 13.1. The minimum absolute atomic E-state index is 0.135. The maximum Gasteiger partial charge on any atom is 0.311 e. The Morgan fingerprint density at radius 3 is 2.40 bits per heavy atom. The normalized spacial score (nSPS) is 13.7. The zero-order valence-corrected chi connectivity index (χ0v) is 14.6. The number of rotatable bonds is 7. The summed E-state index contributed by atoms with van der Waals surface area (Å²) in [5, 5.41) is 9.04. The van der Waals surface area contributed by atoms with Crippen LogP contribution in [0.15, 0.2) is 34.9 Å². The average Bonchev–Trinajstić information content (AvgIpc) is 3.36. The van der Waals surface area contributed by atoms with Crippen LogP contribution in [0.2, 0.25) is 0 Å². The van der Waals surface area contributed by atoms with Gasteiger partial charge in [0.2, 0.25) is 0 Å². The van der Waals surface area contributed by atoms with Crippen LogP contribution in [0.3, 0.4) is 0 Å². The van der Waals surface area contributed by atoms with Crippen molar-refractivity contribution in [2.45, 2.75) is 52.1 Å². The Labute approximate surface area is 147 Å². The predicted molar refractivity (Wildman–Crippen MR) is 93.5 cm³/mol. The number of aliphatic carboxylic acids is 1. The summed E-state index contributed by atoms with van der Waals surface area (Å²) in [5.41, 5.74) is 3.44. The Morgan fingerprint density at radius 2 is 1.84 bits per heavy atom. The first-order chi connectivity index (χ1) is 12.0. The van der Waals surface area contributed by atoms with Crippen LogP contribution in [-0.2, 0) is 24.2 Å². The summed E-state index contributed by atoms with van der Waals surface area (Å²) in [6, 6.07) is 8.52. The smallest absolute Gasteiger partial charge is 0.311 e. The Morgan fingerprint density at radius 1 is 1.20 bits per heavy atom. The van der Waals surface area contributed by atoms with Crippen LogP contribution in [0, 0.1) is 6.92 Å². The summed E-state index contributed by atoms with van der Waals surface area (Å²) in [7, 11) is 0. The zero-order chi connectivity index (χ0) is 18.0. The Balaban J connectivity index is 1.84. The van der Waals surface area contributed by atoms with Gasteiger partial charge in [-0.3, -0.25) is 9.59 Å². The van der Waals surface area contributed by atoms with Gasteiger partial charge in [0.15, 0.2) is 0 Å². The number of amides is 1. The quantitative estimate of drug-likeness (QED) is 0.835. The summed E-state index contributed by atoms with van der Waals surface area (Å²) >= 11 is 0. The molecule has 1 aliphatic carbocycles. The molecule has 0 aliphatic heterocycles. The van der Waals surface area contributed by atoms with E-state index in [1.807, 2.05) is 4.90 Å². The molecule has 0 spiro atoms. The van der Waals surface area contributed by atoms with E-state index in [0.29, 0.717) is 17.7 Å². The first-order valence-electron chi connectivity index (χ1n) is 8.67. The third-order valence-electron chi connectivity index (χ3n) is 4.61. The largest absolute Gasteiger partial charge is 0.481 e. The lowest BCUT2D eigenvalue weighted by Crippen LogP contribution is -2.33. The molecule has 132 valence electrons. The third kappa shape index (κ3) is 3.92. The van der Waals surface area contributed by atoms with Crippen molar-refractivity contribution in [3.05, 3.63) is 58.5 Å². The van der Waals surface area contributed by atoms with Crippen molar-refractivity contribution in [1.82, 2.24) is 4.90 Å². The lowest BCUT2D eigenvalue weighted by Gasteiger charge is -2.23. The van der Waals surface area contributed by atoms with Crippen LogP contribution in [0.25, 0.3) is 0 Å². The molecular weight excluding hydrogens is 318 g/mol. The number of carboxylic acids is 1. The zero-order valence-electron chi connectivity index (χ0n) is 14.6. The minimum atomic E-state index is -1.00. The number of aryl methyl sites for hydroxylation is 2. The molecule has 2 aromatic rings. The molecule has 5 heteroatoms. The van der Waals surface area contributed by atoms with Gasteiger partial charge in [-0.25, -0.2) is 0 Å². The second kappa shape index (κ2) is 7.13. The highest BCUT2D eigenvalue weighted by Crippen LogP contribution is 2.31. The number of carboxylic acid groups (broad SMARTS) is 1. The van der Waals surface area contributed by atoms with Crippen molar-refractivity contribution in [2.75, 3.05) is 0 Å². The van der Waals surface area contributed by atoms with Gasteiger partial charge in [0.25, 0.3) is 5.91 Å². The SMILES string of the molecule is CCc1ccc(CN(C(=O)c2c(C)coc2CC(=O)O)C2CC2)cc1. The number of hydrogen-bond acceptors (Lipinski definition) is 3. The predicted octanol–water partition coefficient (Wildman–Crippen LogP) is 3.58. The van der Waals surface area contributed by atoms with Crippen LogP contribution in [0.1, 0.15) is 52.6 Å². The van der Waals surface area contributed by atoms with Gasteiger partial charge < -0.3 is 14.4 Å². The summed E-state index contributed by atoms with van der Waals surface area (Å²) in [6.07, 6.45) is 4.15. The van der Waals surface area contributed by atoms with Crippen molar-refractivity contribution >= 4 is 11.9 Å². The van der Waals surface area contributed by atoms with Gasteiger partial charge in [-0.05, 0) is 37.3 Å². The molecule has 0 radical (unpaired) electrons. The summed E-state index contributed by atoms with van der Waals surface area (Å²) in [4.78, 5) is 26.0. The minimum Gasteiger partial charge on any atom is -0.481 e. The van der Waals surface area contributed by atoms with Gasteiger partial charge in [-0.1, -0.05) is 31.2 Å². The van der Waals surface area contributed by atoms with Gasteiger partial charge in [0.1, 0.15) is 12.2 Å². The summed E-state index contributed by atoms with van der Waals surface area (Å²) in [6.45, 7) is 4.43. The molecule has 1 aromatic heterocycles. The van der Waals surface area contributed by atoms with Crippen molar-refractivity contribution in [3.8, 4) is 0 Å². The van der Waals surface area contributed by atoms with E-state index in [2.05, 4.69) is 31.2 Å². The maximum absolute atomic E-state index is 13.1. The number of furan rings is 1. The van der Waals surface area contributed by atoms with E-state index in [-0.39, 0.29) is 24.1 Å². The molecular formula is C20H23NO4. The van der Waals surface area contributed by atoms with Gasteiger partial charge in [0, 0.05) is 18.2 Å². The van der Waals surface area contributed by atoms with Crippen LogP contribution < -0.4 is 0 Å². The topological polar surface area (TPSA) is 70.8 Å². The number of carbonyl (C=O) groups is 2. The molecule has 0 unspecified atom stereocenters. The molecule has 5 nitrogen and oxygen atoms in total. The van der Waals surface area contributed by atoms with E-state index in [9.17, 15) is 9.59 Å². The van der Waals surface area contributed by atoms with Gasteiger partial charge in [0.05, 0.1) is 11.8 Å². The van der Waals surface area contributed by atoms with Crippen LogP contribution in [0.5, 0.6) is 0 Å². The van der Waals surface area contributed by atoms with E-state index in [1.165, 1.54) is 11.8 Å². The fourth-order valence-corrected chi connectivity index (χ4v) is 3.03. The van der Waals surface area contributed by atoms with Crippen LogP contribution >= 0.6 is 0 Å². The fraction of sp³-hybridized carbons (Fsp3) is 0.400. The van der Waals surface area contributed by atoms with E-state index in [0.717, 1.165) is 24.8 Å². The van der Waals surface area contributed by atoms with E-state index in [1.54, 1.807) is 6.92 Å². The molecule has 3 rings (SSSR count). The summed E-state index contributed by atoms with van der Waals surface area (Å²) < 4.78 is 5.33. The fourth-order valence-electron chi connectivity index (χ4n) is 3.03. The lowest BCUT2D eigenvalue weighted by molar-refractivity contribution is -0.136. The van der Waals surface area contributed by atoms with Crippen LogP contribution in [-0.4, -0.2) is 27.9 Å². The molecule has 1 N–H and O–H groups in total. The molecule has 1 saturated carbocycles. The Hall–Kier alpha value is -2.56. The van der Waals surface area contributed by atoms with Crippen molar-refractivity contribution in [1.29, 1.82) is 0 Å². The molecule has 1 fully saturated rings. The van der Waals surface area contributed by atoms with Crippen LogP contribution in [0.4, 0.5) is 0 Å². The molecule has 25 heavy (non-hydrogen) atoms. The second-order valence-electron chi connectivity index (χ2n) is 6.62. The van der Waals surface area contributed by atoms with Crippen molar-refractivity contribution in [3.63, 3.8) is 0 Å². The number of hydrogen-bond donors (Lipinski definition) is 1. The van der Waals surface area contributed by atoms with E-state index in [4.69, 9.17) is 9.52 Å². The Kier molecular flexibility index (Phi) is 4.93. The summed E-state index contributed by atoms with van der Waals surface area (Å²) in [5.74, 6) is -0.900. The Bertz CT molecular complexity index is 771. The molecule has 0 atom stereocenters. The van der Waals surface area contributed by atoms with E-state index < -0.39 is 5.97 Å². The molecule has 0 bridgehead atoms. The third-order valence-corrected chi connectivity index (χ3v) is 4.61. The molecule has 0 saturated heterocycles.